The molecule has 4 fully saturated rings. The summed E-state index contributed by atoms with van der Waals surface area (Å²) in [6.07, 6.45) is 10.0. The van der Waals surface area contributed by atoms with E-state index in [1.807, 2.05) is 18.2 Å². The number of carbonyl (C=O) groups excluding carboxylic acids is 3. The van der Waals surface area contributed by atoms with Crippen LogP contribution in [0.5, 0.6) is 11.5 Å². The largest absolute Gasteiger partial charge is 0.508 e. The number of imide groups is 1. The number of nitrogens with one attached hydrogen (secondary N) is 1. The van der Waals surface area contributed by atoms with Gasteiger partial charge >= 0.3 is 0 Å². The Bertz CT molecular complexity index is 2300. The third-order valence-corrected chi connectivity index (χ3v) is 15.7. The number of aromatic hydroxyl groups is 1. The number of hydrogen-bond donors (Lipinski definition) is 2. The normalized spacial score (nSPS) is 26.0. The lowest BCUT2D eigenvalue weighted by Crippen LogP contribution is -2.58. The molecule has 0 radical (unpaired) electrons. The van der Waals surface area contributed by atoms with Gasteiger partial charge in [0.2, 0.25) is 11.8 Å². The average molecular weight is 791 g/mol. The number of piperidine rings is 2. The molecule has 7 aliphatic rings. The maximum atomic E-state index is 13.4. The molecule has 9 heteroatoms. The lowest BCUT2D eigenvalue weighted by molar-refractivity contribution is -0.136. The van der Waals surface area contributed by atoms with E-state index >= 15 is 0 Å². The second kappa shape index (κ2) is 14.3. The monoisotopic (exact) mass is 790 g/mol. The zero-order valence-corrected chi connectivity index (χ0v) is 33.8. The standard InChI is InChI=1S/C50H54N4O5/c55-37-11-13-39-35(26-37)8-12-38(33-4-2-1-3-5-33)45(39)34-6-9-36(10-7-34)53-29-49(30-53)20-18-32(19-21-49)27-52-24-22-50(23-25-52)31-59-46-41-28-54(43-16-17-44(56)51-47(43)57)48(58)40(41)14-15-42(46)50/h1-7,9-11,13-15,26,32,38,43,45,55H,8,12,16-25,27-31H2,(H,51,56,57)/t38-,43?,45+/m1/s1. The highest BCUT2D eigenvalue weighted by Crippen LogP contribution is 2.52. The molecule has 59 heavy (non-hydrogen) atoms. The van der Waals surface area contributed by atoms with Gasteiger partial charge in [-0.05, 0) is 135 Å². The van der Waals surface area contributed by atoms with Crippen molar-refractivity contribution in [3.8, 4) is 11.5 Å². The van der Waals surface area contributed by atoms with Crippen molar-refractivity contribution in [1.29, 1.82) is 0 Å². The van der Waals surface area contributed by atoms with E-state index in [4.69, 9.17) is 4.74 Å². The third kappa shape index (κ3) is 6.34. The van der Waals surface area contributed by atoms with Crippen LogP contribution in [0, 0.1) is 11.3 Å². The Hall–Kier alpha value is -5.15. The third-order valence-electron chi connectivity index (χ3n) is 15.7. The Balaban J connectivity index is 0.685. The van der Waals surface area contributed by atoms with Gasteiger partial charge in [-0.3, -0.25) is 19.7 Å². The number of benzene rings is 4. The first-order valence-corrected chi connectivity index (χ1v) is 22.1. The fourth-order valence-corrected chi connectivity index (χ4v) is 12.3. The Morgan fingerprint density at radius 3 is 2.34 bits per heavy atom. The summed E-state index contributed by atoms with van der Waals surface area (Å²) in [5.41, 5.74) is 9.90. The molecule has 2 N–H and O–H groups in total. The number of rotatable bonds is 6. The number of fused-ring (bicyclic) bond motifs is 5. The molecule has 2 aliphatic carbocycles. The number of aryl methyl sites for hydroxylation is 1. The van der Waals surface area contributed by atoms with Gasteiger partial charge in [0.15, 0.2) is 0 Å². The van der Waals surface area contributed by atoms with E-state index in [9.17, 15) is 19.5 Å². The Kier molecular flexibility index (Phi) is 8.91. The summed E-state index contributed by atoms with van der Waals surface area (Å²) in [4.78, 5) is 44.7. The van der Waals surface area contributed by atoms with Crippen molar-refractivity contribution in [3.63, 3.8) is 0 Å². The van der Waals surface area contributed by atoms with Gasteiger partial charge in [0, 0.05) is 65.2 Å². The van der Waals surface area contributed by atoms with Gasteiger partial charge in [-0.25, -0.2) is 0 Å². The molecule has 5 aliphatic heterocycles. The summed E-state index contributed by atoms with van der Waals surface area (Å²) in [5.74, 6) is 1.86. The molecule has 0 bridgehead atoms. The second-order valence-electron chi connectivity index (χ2n) is 19.0. The predicted octanol–water partition coefficient (Wildman–Crippen LogP) is 7.44. The number of likely N-dealkylation sites (tertiary alicyclic amines) is 1. The van der Waals surface area contributed by atoms with Gasteiger partial charge in [0.25, 0.3) is 5.91 Å². The second-order valence-corrected chi connectivity index (χ2v) is 19.0. The molecular formula is C50H54N4O5. The number of phenolic OH excluding ortho intramolecular Hbond substituents is 1. The first kappa shape index (κ1) is 36.9. The number of anilines is 1. The van der Waals surface area contributed by atoms with E-state index in [-0.39, 0.29) is 35.5 Å². The molecule has 4 aromatic carbocycles. The molecule has 11 rings (SSSR count). The van der Waals surface area contributed by atoms with Crippen LogP contribution in [-0.4, -0.2) is 78.0 Å². The van der Waals surface area contributed by atoms with Crippen LogP contribution in [0.3, 0.4) is 0 Å². The summed E-state index contributed by atoms with van der Waals surface area (Å²) in [6.45, 7) is 6.63. The summed E-state index contributed by atoms with van der Waals surface area (Å²) in [7, 11) is 0. The number of ether oxygens (including phenoxy) is 1. The molecule has 1 saturated carbocycles. The number of hydrogen-bond acceptors (Lipinski definition) is 7. The van der Waals surface area contributed by atoms with E-state index in [2.05, 4.69) is 81.8 Å². The topological polar surface area (TPSA) is 102 Å². The number of nitrogens with zero attached hydrogens (tertiary/aromatic N) is 3. The van der Waals surface area contributed by atoms with Gasteiger partial charge in [0.1, 0.15) is 17.5 Å². The molecule has 3 atom stereocenters. The highest BCUT2D eigenvalue weighted by Gasteiger charge is 2.49. The number of amides is 3. The summed E-state index contributed by atoms with van der Waals surface area (Å²) in [6, 6.07) is 29.8. The van der Waals surface area contributed by atoms with E-state index in [1.54, 1.807) is 4.90 Å². The molecule has 3 amide bonds. The van der Waals surface area contributed by atoms with Crippen molar-refractivity contribution >= 4 is 23.4 Å². The fourth-order valence-electron chi connectivity index (χ4n) is 12.3. The molecule has 9 nitrogen and oxygen atoms in total. The smallest absolute Gasteiger partial charge is 0.255 e. The molecule has 1 unspecified atom stereocenters. The van der Waals surface area contributed by atoms with Crippen LogP contribution in [0.25, 0.3) is 0 Å². The zero-order valence-electron chi connectivity index (χ0n) is 33.8. The summed E-state index contributed by atoms with van der Waals surface area (Å²) in [5, 5.41) is 12.7. The quantitative estimate of drug-likeness (QED) is 0.196. The maximum absolute atomic E-state index is 13.4. The van der Waals surface area contributed by atoms with E-state index in [0.717, 1.165) is 69.1 Å². The zero-order chi connectivity index (χ0) is 39.9. The fraction of sp³-hybridized carbons (Fsp3) is 0.460. The van der Waals surface area contributed by atoms with Crippen LogP contribution < -0.4 is 15.0 Å². The first-order valence-electron chi connectivity index (χ1n) is 22.1. The van der Waals surface area contributed by atoms with Crippen molar-refractivity contribution in [2.75, 3.05) is 44.2 Å². The summed E-state index contributed by atoms with van der Waals surface area (Å²) < 4.78 is 6.44. The van der Waals surface area contributed by atoms with E-state index < -0.39 is 6.04 Å². The predicted molar refractivity (Wildman–Crippen MR) is 226 cm³/mol. The van der Waals surface area contributed by atoms with Crippen LogP contribution in [0.1, 0.15) is 113 Å². The minimum atomic E-state index is -0.615. The Labute approximate surface area is 346 Å². The van der Waals surface area contributed by atoms with Gasteiger partial charge in [-0.15, -0.1) is 0 Å². The summed E-state index contributed by atoms with van der Waals surface area (Å²) >= 11 is 0. The van der Waals surface area contributed by atoms with Crippen LogP contribution in [0.2, 0.25) is 0 Å². The van der Waals surface area contributed by atoms with Gasteiger partial charge in [-0.1, -0.05) is 54.6 Å². The van der Waals surface area contributed by atoms with Gasteiger partial charge in [-0.2, -0.15) is 0 Å². The molecular weight excluding hydrogens is 737 g/mol. The van der Waals surface area contributed by atoms with E-state index in [1.165, 1.54) is 65.7 Å². The average Bonchev–Trinajstić information content (AvgIpc) is 3.78. The molecule has 304 valence electrons. The van der Waals surface area contributed by atoms with Gasteiger partial charge < -0.3 is 24.5 Å². The first-order chi connectivity index (χ1) is 28.7. The lowest BCUT2D eigenvalue weighted by Gasteiger charge is -2.55. The van der Waals surface area contributed by atoms with Crippen LogP contribution in [0.15, 0.2) is 84.9 Å². The van der Waals surface area contributed by atoms with Crippen LogP contribution in [0.4, 0.5) is 5.69 Å². The molecule has 3 saturated heterocycles. The minimum absolute atomic E-state index is 0.0232. The Morgan fingerprint density at radius 1 is 0.797 bits per heavy atom. The maximum Gasteiger partial charge on any atom is 0.255 e. The molecule has 4 aromatic rings. The number of phenols is 1. The molecule has 2 spiro atoms. The van der Waals surface area contributed by atoms with E-state index in [0.29, 0.717) is 42.2 Å². The lowest BCUT2D eigenvalue weighted by atomic mass is 9.65. The van der Waals surface area contributed by atoms with Crippen LogP contribution >= 0.6 is 0 Å². The van der Waals surface area contributed by atoms with Crippen LogP contribution in [-0.2, 0) is 28.0 Å². The highest BCUT2D eigenvalue weighted by atomic mass is 16.5. The van der Waals surface area contributed by atoms with Crippen molar-refractivity contribution in [2.24, 2.45) is 11.3 Å². The molecule has 0 aromatic heterocycles. The molecule has 5 heterocycles. The number of carbonyl (C=O) groups is 3. The van der Waals surface area contributed by atoms with Crippen molar-refractivity contribution in [2.45, 2.75) is 94.0 Å². The minimum Gasteiger partial charge on any atom is -0.508 e. The SMILES string of the molecule is O=C1CCC(N2Cc3c(ccc4c3OCC43CCN(CC4CCC5(CC4)CN(c4ccc([C@@H]6c7ccc(O)cc7CC[C@@H]6c6ccccc6)cc4)C5)CC3)C2=O)C(=O)N1. The highest BCUT2D eigenvalue weighted by molar-refractivity contribution is 6.05. The van der Waals surface area contributed by atoms with Crippen molar-refractivity contribution < 1.29 is 24.2 Å². The Morgan fingerprint density at radius 2 is 1.58 bits per heavy atom. The van der Waals surface area contributed by atoms with Crippen molar-refractivity contribution in [1.82, 2.24) is 15.1 Å². The van der Waals surface area contributed by atoms with Gasteiger partial charge in [0.05, 0.1) is 13.2 Å². The van der Waals surface area contributed by atoms with Crippen molar-refractivity contribution in [3.05, 3.63) is 124 Å².